The van der Waals surface area contributed by atoms with Crippen LogP contribution in [0.15, 0.2) is 124 Å². The van der Waals surface area contributed by atoms with Gasteiger partial charge < -0.3 is 14.7 Å². The van der Waals surface area contributed by atoms with Gasteiger partial charge in [-0.1, -0.05) is 47.2 Å². The largest absolute Gasteiger partial charge is 0.497 e. The lowest BCUT2D eigenvalue weighted by Crippen LogP contribution is -2.23. The van der Waals surface area contributed by atoms with Gasteiger partial charge in [-0.3, -0.25) is 4.90 Å². The summed E-state index contributed by atoms with van der Waals surface area (Å²) in [6.45, 7) is 13.1. The van der Waals surface area contributed by atoms with Crippen molar-refractivity contribution < 1.29 is 4.74 Å². The first kappa shape index (κ1) is 31.7. The molecule has 8 rings (SSSR count). The molecule has 3 aliphatic heterocycles. The number of thioether (sulfide) groups is 1. The van der Waals surface area contributed by atoms with E-state index in [1.165, 1.54) is 44.5 Å². The molecule has 8 bridgehead atoms. The van der Waals surface area contributed by atoms with Crippen molar-refractivity contribution in [3.8, 4) is 5.75 Å². The average Bonchev–Trinajstić information content (AvgIpc) is 3.90. The van der Waals surface area contributed by atoms with Crippen LogP contribution < -0.4 is 9.64 Å². The lowest BCUT2D eigenvalue weighted by molar-refractivity contribution is 0.415. The van der Waals surface area contributed by atoms with Crippen molar-refractivity contribution in [1.29, 1.82) is 0 Å². The van der Waals surface area contributed by atoms with E-state index in [9.17, 15) is 0 Å². The first-order valence-corrected chi connectivity index (χ1v) is 17.7. The van der Waals surface area contributed by atoms with Crippen LogP contribution >= 0.6 is 11.8 Å². The van der Waals surface area contributed by atoms with Gasteiger partial charge in [0.2, 0.25) is 0 Å². The van der Waals surface area contributed by atoms with Crippen LogP contribution in [0, 0.1) is 41.5 Å². The number of hydrogen-bond donors (Lipinski definition) is 2. The summed E-state index contributed by atoms with van der Waals surface area (Å²) in [6, 6.07) is 25.7. The number of amidine groups is 1. The maximum atomic E-state index is 5.53. The molecule has 0 saturated carbocycles. The third kappa shape index (κ3) is 5.57. The molecule has 7 heteroatoms. The van der Waals surface area contributed by atoms with Gasteiger partial charge in [-0.2, -0.15) is 0 Å². The molecular formula is C43H39N5OS. The van der Waals surface area contributed by atoms with Gasteiger partial charge in [-0.15, -0.1) is 0 Å². The van der Waals surface area contributed by atoms with Crippen LogP contribution in [0.2, 0.25) is 0 Å². The highest BCUT2D eigenvalue weighted by Crippen LogP contribution is 2.41. The van der Waals surface area contributed by atoms with Crippen molar-refractivity contribution in [3.05, 3.63) is 164 Å². The van der Waals surface area contributed by atoms with Crippen molar-refractivity contribution in [2.75, 3.05) is 12.0 Å². The van der Waals surface area contributed by atoms with Crippen LogP contribution in [0.1, 0.15) is 55.9 Å². The Bertz CT molecular complexity index is 2350. The zero-order valence-electron chi connectivity index (χ0n) is 29.4. The van der Waals surface area contributed by atoms with Gasteiger partial charge >= 0.3 is 0 Å². The van der Waals surface area contributed by atoms with Crippen LogP contribution in [0.4, 0.5) is 11.5 Å². The highest BCUT2D eigenvalue weighted by molar-refractivity contribution is 8.14. The predicted octanol–water partition coefficient (Wildman–Crippen LogP) is 10.6. The van der Waals surface area contributed by atoms with Crippen LogP contribution in [0.25, 0.3) is 11.1 Å². The lowest BCUT2D eigenvalue weighted by Gasteiger charge is -2.23. The minimum absolute atomic E-state index is 0.798. The number of aryl methyl sites for hydroxylation is 6. The number of hydrogen-bond acceptors (Lipinski definition) is 5. The highest BCUT2D eigenvalue weighted by Gasteiger charge is 2.26. The normalized spacial score (nSPS) is 15.3. The van der Waals surface area contributed by atoms with Crippen LogP contribution in [0.5, 0.6) is 5.75 Å². The Morgan fingerprint density at radius 2 is 1.16 bits per heavy atom. The molecule has 5 heterocycles. The van der Waals surface area contributed by atoms with Crippen molar-refractivity contribution in [2.45, 2.75) is 46.6 Å². The molecule has 0 radical (unpaired) electrons. The fraction of sp³-hybridized carbons (Fsp3) is 0.163. The molecular weight excluding hydrogens is 635 g/mol. The van der Waals surface area contributed by atoms with Crippen molar-refractivity contribution in [1.82, 2.24) is 9.97 Å². The van der Waals surface area contributed by atoms with E-state index in [0.29, 0.717) is 0 Å². The van der Waals surface area contributed by atoms with E-state index in [1.54, 1.807) is 18.9 Å². The van der Waals surface area contributed by atoms with E-state index in [0.717, 1.165) is 67.1 Å². The van der Waals surface area contributed by atoms with Crippen molar-refractivity contribution >= 4 is 45.3 Å². The van der Waals surface area contributed by atoms with E-state index in [1.807, 2.05) is 12.1 Å². The van der Waals surface area contributed by atoms with E-state index >= 15 is 0 Å². The topological polar surface area (TPSA) is 68.8 Å². The molecule has 0 amide bonds. The van der Waals surface area contributed by atoms with Crippen LogP contribution in [-0.2, 0) is 0 Å². The molecule has 5 aromatic rings. The molecule has 2 aromatic heterocycles. The molecule has 50 heavy (non-hydrogen) atoms. The number of methoxy groups -OCH3 is 1. The predicted molar refractivity (Wildman–Crippen MR) is 209 cm³/mol. The zero-order chi connectivity index (χ0) is 34.7. The van der Waals surface area contributed by atoms with E-state index < -0.39 is 0 Å². The maximum Gasteiger partial charge on any atom is 0.139 e. The number of nitrogens with one attached hydrogen (secondary N) is 2. The number of fused-ring (bicyclic) bond motifs is 6. The lowest BCUT2D eigenvalue weighted by atomic mass is 9.91. The molecule has 0 fully saturated rings. The summed E-state index contributed by atoms with van der Waals surface area (Å²) in [5, 5.41) is 1.96. The molecule has 3 aromatic carbocycles. The molecule has 2 N–H and O–H groups in total. The van der Waals surface area contributed by atoms with Gasteiger partial charge in [0.1, 0.15) is 22.4 Å². The standard InChI is InChI=1S/C43H39N5OS/c1-24-20-26(3)40(27(4)21-24)42-32-12-16-36(44-32)48(30-8-10-31(49-7)11-9-30)37-17-13-33(45-37)43(41-28(5)22-25(2)23-29(41)6)35-15-19-39(47-35)50-38-18-14-34(42)46-38/h8-23,44,47H,1-7H3. The van der Waals surface area contributed by atoms with Crippen LogP contribution in [-0.4, -0.2) is 28.0 Å². The zero-order valence-corrected chi connectivity index (χ0v) is 30.2. The first-order chi connectivity index (χ1) is 24.2. The minimum atomic E-state index is 0.798. The second-order valence-electron chi connectivity index (χ2n) is 13.3. The monoisotopic (exact) mass is 673 g/mol. The van der Waals surface area contributed by atoms with Gasteiger partial charge in [0.05, 0.1) is 23.5 Å². The quantitative estimate of drug-likeness (QED) is 0.200. The van der Waals surface area contributed by atoms with Crippen molar-refractivity contribution in [3.63, 3.8) is 0 Å². The van der Waals surface area contributed by atoms with Crippen molar-refractivity contribution in [2.24, 2.45) is 9.98 Å². The number of allylic oxidation sites excluding steroid dienone is 2. The molecule has 0 unspecified atom stereocenters. The van der Waals surface area contributed by atoms with Gasteiger partial charge in [0.25, 0.3) is 0 Å². The Morgan fingerprint density at radius 3 is 1.78 bits per heavy atom. The van der Waals surface area contributed by atoms with Gasteiger partial charge in [0.15, 0.2) is 0 Å². The fourth-order valence-electron chi connectivity index (χ4n) is 7.58. The number of H-pyrrole nitrogens is 2. The summed E-state index contributed by atoms with van der Waals surface area (Å²) >= 11 is 1.64. The Labute approximate surface area is 297 Å². The fourth-order valence-corrected chi connectivity index (χ4v) is 8.39. The average molecular weight is 674 g/mol. The Kier molecular flexibility index (Phi) is 7.88. The number of ether oxygens (including phenoxy) is 1. The molecule has 248 valence electrons. The molecule has 0 atom stereocenters. The molecule has 3 aliphatic rings. The second kappa shape index (κ2) is 12.4. The molecule has 6 nitrogen and oxygen atoms in total. The van der Waals surface area contributed by atoms with E-state index in [4.69, 9.17) is 14.7 Å². The smallest absolute Gasteiger partial charge is 0.139 e. The Morgan fingerprint density at radius 1 is 0.600 bits per heavy atom. The highest BCUT2D eigenvalue weighted by atomic mass is 32.2. The number of rotatable bonds is 4. The summed E-state index contributed by atoms with van der Waals surface area (Å²) in [6.07, 6.45) is 8.51. The number of aromatic amines is 2. The van der Waals surface area contributed by atoms with Crippen LogP contribution in [0.3, 0.4) is 0 Å². The third-order valence-corrected chi connectivity index (χ3v) is 10.4. The number of aliphatic imine (C=N–C) groups is 2. The number of benzene rings is 3. The Hall–Kier alpha value is -5.53. The minimum Gasteiger partial charge on any atom is -0.497 e. The summed E-state index contributed by atoms with van der Waals surface area (Å²) < 4.78 is 5.53. The number of aromatic nitrogens is 2. The summed E-state index contributed by atoms with van der Waals surface area (Å²) in [4.78, 5) is 20.4. The third-order valence-electron chi connectivity index (χ3n) is 9.49. The summed E-state index contributed by atoms with van der Waals surface area (Å²) in [5.74, 6) is 2.51. The SMILES string of the molecule is COc1ccc(N2C3=NC(=C(c4c(C)cc(C)cc4C)c4ccc([nH]4)SC4=NC(=C(c5c(C)cc(C)cc5C)c5ccc2[nH]5)C=C4)C=C3)cc1. The Balaban J connectivity index is 1.40. The van der Waals surface area contributed by atoms with E-state index in [2.05, 4.69) is 141 Å². The van der Waals surface area contributed by atoms with Gasteiger partial charge in [-0.25, -0.2) is 9.98 Å². The molecule has 0 aliphatic carbocycles. The second-order valence-corrected chi connectivity index (χ2v) is 14.3. The van der Waals surface area contributed by atoms with Gasteiger partial charge in [0, 0.05) is 28.2 Å². The first-order valence-electron chi connectivity index (χ1n) is 16.9. The number of anilines is 2. The number of nitrogens with zero attached hydrogens (tertiary/aromatic N) is 3. The van der Waals surface area contributed by atoms with Gasteiger partial charge in [-0.05, 0) is 148 Å². The van der Waals surface area contributed by atoms with E-state index in [-0.39, 0.29) is 0 Å². The molecule has 0 saturated heterocycles. The summed E-state index contributed by atoms with van der Waals surface area (Å²) in [7, 11) is 1.69. The maximum absolute atomic E-state index is 5.53. The molecule has 0 spiro atoms. The summed E-state index contributed by atoms with van der Waals surface area (Å²) in [5.41, 5.74) is 16.7.